The maximum Gasteiger partial charge on any atom is 0.336 e. The topological polar surface area (TPSA) is 105 Å². The number of benzene rings is 2. The second-order valence-electron chi connectivity index (χ2n) is 6.85. The number of aliphatic carboxylic acids is 1. The molecular weight excluding hydrogens is 408 g/mol. The fraction of sp³-hybridized carbons (Fsp3) is 0.160. The highest BCUT2D eigenvalue weighted by molar-refractivity contribution is 6.14. The quantitative estimate of drug-likeness (QED) is 0.381. The Morgan fingerprint density at radius 3 is 1.81 bits per heavy atom. The second-order valence-corrected chi connectivity index (χ2v) is 6.85. The number of amides is 1. The molecular formula is C25H26N2O5. The smallest absolute Gasteiger partial charge is 0.336 e. The predicted octanol–water partition coefficient (Wildman–Crippen LogP) is 4.95. The summed E-state index contributed by atoms with van der Waals surface area (Å²) in [4.78, 5) is 35.7. The van der Waals surface area contributed by atoms with Gasteiger partial charge in [0.2, 0.25) is 0 Å². The number of carbonyl (C=O) groups excluding carboxylic acids is 2. The molecule has 0 bridgehead atoms. The van der Waals surface area contributed by atoms with Gasteiger partial charge in [-0.3, -0.25) is 9.59 Å². The normalized spacial score (nSPS) is 12.2. The molecule has 0 atom stereocenters. The minimum atomic E-state index is -1.27. The van der Waals surface area contributed by atoms with E-state index in [1.165, 1.54) is 25.2 Å². The van der Waals surface area contributed by atoms with Crippen molar-refractivity contribution in [3.8, 4) is 11.5 Å². The molecule has 166 valence electrons. The number of carboxylic acid groups (broad SMARTS) is 1. The van der Waals surface area contributed by atoms with Gasteiger partial charge in [-0.15, -0.1) is 0 Å². The summed E-state index contributed by atoms with van der Waals surface area (Å²) in [5.41, 5.74) is 1.60. The Kier molecular flexibility index (Phi) is 8.53. The molecule has 0 saturated carbocycles. The summed E-state index contributed by atoms with van der Waals surface area (Å²) in [7, 11) is 1.83. The molecule has 3 N–H and O–H groups in total. The van der Waals surface area contributed by atoms with Crippen LogP contribution in [0.3, 0.4) is 0 Å². The first-order valence-electron chi connectivity index (χ1n) is 9.91. The van der Waals surface area contributed by atoms with Crippen molar-refractivity contribution in [1.82, 2.24) is 0 Å². The number of hydrogen-bond acceptors (Lipinski definition) is 5. The molecule has 0 aliphatic rings. The average molecular weight is 434 g/mol. The lowest BCUT2D eigenvalue weighted by molar-refractivity contribution is -0.132. The van der Waals surface area contributed by atoms with Gasteiger partial charge in [0.25, 0.3) is 5.91 Å². The molecule has 2 aromatic rings. The maximum atomic E-state index is 12.7. The van der Waals surface area contributed by atoms with E-state index in [2.05, 4.69) is 10.6 Å². The number of hydrogen-bond donors (Lipinski definition) is 3. The Labute approximate surface area is 187 Å². The SMILES string of the molecule is C\C=C(C(=O)Nc1ccc(Oc2ccc(NC)cc2)cc1)/C(=C\C=C(/C)C(C)=O)C(=O)O. The van der Waals surface area contributed by atoms with Crippen LogP contribution in [0.15, 0.2) is 83.5 Å². The molecule has 0 saturated heterocycles. The Morgan fingerprint density at radius 1 is 0.844 bits per heavy atom. The number of ether oxygens (including phenoxy) is 1. The van der Waals surface area contributed by atoms with Crippen LogP contribution in [0.2, 0.25) is 0 Å². The lowest BCUT2D eigenvalue weighted by Crippen LogP contribution is -2.19. The van der Waals surface area contributed by atoms with Gasteiger partial charge in [0, 0.05) is 24.0 Å². The number of carboxylic acids is 1. The largest absolute Gasteiger partial charge is 0.478 e. The summed E-state index contributed by atoms with van der Waals surface area (Å²) in [6.45, 7) is 4.53. The van der Waals surface area contributed by atoms with Crippen molar-refractivity contribution in [2.45, 2.75) is 20.8 Å². The zero-order valence-corrected chi connectivity index (χ0v) is 18.4. The summed E-state index contributed by atoms with van der Waals surface area (Å²) in [6, 6.07) is 14.2. The molecule has 0 aliphatic carbocycles. The van der Waals surface area contributed by atoms with Crippen molar-refractivity contribution in [3.63, 3.8) is 0 Å². The number of anilines is 2. The van der Waals surface area contributed by atoms with E-state index in [-0.39, 0.29) is 16.9 Å². The third-order valence-electron chi connectivity index (χ3n) is 4.60. The molecule has 0 radical (unpaired) electrons. The van der Waals surface area contributed by atoms with Crippen molar-refractivity contribution in [2.75, 3.05) is 17.7 Å². The van der Waals surface area contributed by atoms with Crippen LogP contribution in [0.1, 0.15) is 20.8 Å². The van der Waals surface area contributed by atoms with Crippen molar-refractivity contribution < 1.29 is 24.2 Å². The molecule has 0 heterocycles. The average Bonchev–Trinajstić information content (AvgIpc) is 2.77. The van der Waals surface area contributed by atoms with E-state index in [9.17, 15) is 19.5 Å². The number of ketones is 1. The number of nitrogens with one attached hydrogen (secondary N) is 2. The van der Waals surface area contributed by atoms with Crippen LogP contribution in [0, 0.1) is 0 Å². The molecule has 0 spiro atoms. The van der Waals surface area contributed by atoms with Gasteiger partial charge in [-0.05, 0) is 81.0 Å². The Morgan fingerprint density at radius 2 is 1.38 bits per heavy atom. The monoisotopic (exact) mass is 434 g/mol. The van der Waals surface area contributed by atoms with Crippen molar-refractivity contribution in [2.24, 2.45) is 0 Å². The van der Waals surface area contributed by atoms with Crippen LogP contribution in [-0.4, -0.2) is 29.8 Å². The minimum absolute atomic E-state index is 0.0185. The highest BCUT2D eigenvalue weighted by atomic mass is 16.5. The van der Waals surface area contributed by atoms with Gasteiger partial charge in [-0.25, -0.2) is 4.79 Å². The number of allylic oxidation sites excluding steroid dienone is 4. The number of rotatable bonds is 9. The molecule has 0 aliphatic heterocycles. The Balaban J connectivity index is 2.13. The number of Topliss-reactive ketones (excluding diaryl/α,β-unsaturated/α-hetero) is 1. The fourth-order valence-corrected chi connectivity index (χ4v) is 2.64. The van der Waals surface area contributed by atoms with Gasteiger partial charge in [-0.2, -0.15) is 0 Å². The summed E-state index contributed by atoms with van der Waals surface area (Å²) in [5.74, 6) is -0.775. The molecule has 32 heavy (non-hydrogen) atoms. The van der Waals surface area contributed by atoms with Crippen molar-refractivity contribution in [3.05, 3.63) is 83.5 Å². The fourth-order valence-electron chi connectivity index (χ4n) is 2.64. The zero-order valence-electron chi connectivity index (χ0n) is 18.4. The van der Waals surface area contributed by atoms with Crippen LogP contribution in [0.5, 0.6) is 11.5 Å². The first-order chi connectivity index (χ1) is 15.2. The van der Waals surface area contributed by atoms with Crippen LogP contribution in [0.25, 0.3) is 0 Å². The lowest BCUT2D eigenvalue weighted by Gasteiger charge is -2.11. The van der Waals surface area contributed by atoms with Gasteiger partial charge in [0.1, 0.15) is 11.5 Å². The zero-order chi connectivity index (χ0) is 23.7. The highest BCUT2D eigenvalue weighted by Crippen LogP contribution is 2.25. The molecule has 0 aromatic heterocycles. The first-order valence-corrected chi connectivity index (χ1v) is 9.91. The van der Waals surface area contributed by atoms with Gasteiger partial charge in [-0.1, -0.05) is 12.2 Å². The van der Waals surface area contributed by atoms with E-state index in [0.717, 1.165) is 5.69 Å². The Hall–Kier alpha value is -4.13. The molecule has 0 unspecified atom stereocenters. The van der Waals surface area contributed by atoms with Crippen LogP contribution in [-0.2, 0) is 14.4 Å². The summed E-state index contributed by atoms with van der Waals surface area (Å²) < 4.78 is 5.78. The third kappa shape index (κ3) is 6.70. The Bertz CT molecular complexity index is 1080. The van der Waals surface area contributed by atoms with E-state index in [1.54, 1.807) is 38.1 Å². The van der Waals surface area contributed by atoms with E-state index in [0.29, 0.717) is 22.8 Å². The van der Waals surface area contributed by atoms with Crippen molar-refractivity contribution in [1.29, 1.82) is 0 Å². The first kappa shape index (κ1) is 24.1. The lowest BCUT2D eigenvalue weighted by atomic mass is 10.0. The van der Waals surface area contributed by atoms with Gasteiger partial charge in [0.15, 0.2) is 5.78 Å². The van der Waals surface area contributed by atoms with Crippen molar-refractivity contribution >= 4 is 29.0 Å². The van der Waals surface area contributed by atoms with E-state index in [1.807, 2.05) is 31.3 Å². The summed E-state index contributed by atoms with van der Waals surface area (Å²) in [6.07, 6.45) is 4.06. The number of carbonyl (C=O) groups is 3. The van der Waals surface area contributed by atoms with E-state index >= 15 is 0 Å². The van der Waals surface area contributed by atoms with Crippen LogP contribution >= 0.6 is 0 Å². The van der Waals surface area contributed by atoms with E-state index < -0.39 is 11.9 Å². The molecule has 7 nitrogen and oxygen atoms in total. The molecule has 1 amide bonds. The maximum absolute atomic E-state index is 12.7. The van der Waals surface area contributed by atoms with Crippen LogP contribution < -0.4 is 15.4 Å². The molecule has 2 rings (SSSR count). The summed E-state index contributed by atoms with van der Waals surface area (Å²) in [5, 5.41) is 15.2. The minimum Gasteiger partial charge on any atom is -0.478 e. The molecule has 0 fully saturated rings. The van der Waals surface area contributed by atoms with Crippen LogP contribution in [0.4, 0.5) is 11.4 Å². The second kappa shape index (κ2) is 11.3. The van der Waals surface area contributed by atoms with E-state index in [4.69, 9.17) is 4.74 Å². The predicted molar refractivity (Wildman–Crippen MR) is 125 cm³/mol. The molecule has 7 heteroatoms. The molecule has 2 aromatic carbocycles. The van der Waals surface area contributed by atoms with Gasteiger partial charge in [0.05, 0.1) is 5.57 Å². The van der Waals surface area contributed by atoms with Gasteiger partial charge >= 0.3 is 5.97 Å². The summed E-state index contributed by atoms with van der Waals surface area (Å²) >= 11 is 0. The highest BCUT2D eigenvalue weighted by Gasteiger charge is 2.19. The van der Waals surface area contributed by atoms with Gasteiger partial charge < -0.3 is 20.5 Å². The third-order valence-corrected chi connectivity index (χ3v) is 4.60. The standard InChI is InChI=1S/C25H26N2O5/c1-5-22(23(25(30)31)15-6-16(2)17(3)28)24(29)27-19-9-13-21(14-10-19)32-20-11-7-18(26-4)8-12-20/h5-15,26H,1-4H3,(H,27,29)(H,30,31)/b16-6+,22-5+,23-15+.